The van der Waals surface area contributed by atoms with Crippen molar-refractivity contribution < 1.29 is 4.74 Å². The summed E-state index contributed by atoms with van der Waals surface area (Å²) in [6.45, 7) is 1.55. The minimum atomic E-state index is 0.353. The topological polar surface area (TPSA) is 39.1 Å². The van der Waals surface area contributed by atoms with Crippen LogP contribution >= 0.6 is 0 Å². The number of nitrogens with zero attached hydrogens (tertiary/aromatic N) is 2. The number of rotatable bonds is 3. The maximum absolute atomic E-state index is 5.65. The van der Waals surface area contributed by atoms with Crippen LogP contribution in [-0.2, 0) is 13.6 Å². The third kappa shape index (κ3) is 2.11. The summed E-state index contributed by atoms with van der Waals surface area (Å²) in [5, 5.41) is 3.56. The van der Waals surface area contributed by atoms with Gasteiger partial charge in [0.1, 0.15) is 11.6 Å². The van der Waals surface area contributed by atoms with Crippen LogP contribution < -0.4 is 10.1 Å². The molecule has 1 aromatic carbocycles. The highest BCUT2D eigenvalue weighted by Gasteiger charge is 2.20. The van der Waals surface area contributed by atoms with Crippen molar-refractivity contribution in [2.75, 3.05) is 6.61 Å². The first kappa shape index (κ1) is 11.3. The second kappa shape index (κ2) is 4.82. The van der Waals surface area contributed by atoms with E-state index in [1.54, 1.807) is 0 Å². The van der Waals surface area contributed by atoms with Gasteiger partial charge in [0.15, 0.2) is 0 Å². The van der Waals surface area contributed by atoms with Crippen LogP contribution in [0.5, 0.6) is 5.75 Å². The third-order valence-corrected chi connectivity index (χ3v) is 3.39. The number of fused-ring (bicyclic) bond motifs is 1. The van der Waals surface area contributed by atoms with Crippen LogP contribution in [-0.4, -0.2) is 16.2 Å². The van der Waals surface area contributed by atoms with Gasteiger partial charge in [0.2, 0.25) is 0 Å². The molecule has 0 aliphatic carbocycles. The van der Waals surface area contributed by atoms with E-state index in [1.165, 1.54) is 5.56 Å². The second-order valence-electron chi connectivity index (χ2n) is 4.56. The lowest BCUT2D eigenvalue weighted by Crippen LogP contribution is -2.27. The summed E-state index contributed by atoms with van der Waals surface area (Å²) in [7, 11) is 2.02. The Hall–Kier alpha value is -1.81. The molecule has 1 atom stereocenters. The van der Waals surface area contributed by atoms with Crippen LogP contribution in [0.2, 0.25) is 0 Å². The molecule has 2 aromatic rings. The molecule has 0 saturated carbocycles. The van der Waals surface area contributed by atoms with Crippen molar-refractivity contribution in [3.05, 3.63) is 48.0 Å². The number of benzene rings is 1. The molecular weight excluding hydrogens is 226 g/mol. The normalized spacial score (nSPS) is 18.2. The number of ether oxygens (including phenoxy) is 1. The summed E-state index contributed by atoms with van der Waals surface area (Å²) in [5.74, 6) is 2.06. The molecule has 1 N–H and O–H groups in total. The predicted octanol–water partition coefficient (Wildman–Crippen LogP) is 2.03. The van der Waals surface area contributed by atoms with Gasteiger partial charge in [0.05, 0.1) is 13.2 Å². The van der Waals surface area contributed by atoms with Gasteiger partial charge in [-0.15, -0.1) is 0 Å². The molecule has 0 fully saturated rings. The molecule has 1 aliphatic rings. The SMILES string of the molecule is Cn1ccnc1CNC1CCOc2ccccc21. The van der Waals surface area contributed by atoms with E-state index in [2.05, 4.69) is 22.4 Å². The molecule has 0 amide bonds. The molecule has 0 radical (unpaired) electrons. The third-order valence-electron chi connectivity index (χ3n) is 3.39. The Morgan fingerprint density at radius 3 is 3.17 bits per heavy atom. The Bertz CT molecular complexity index is 535. The zero-order valence-electron chi connectivity index (χ0n) is 10.5. The Morgan fingerprint density at radius 2 is 2.33 bits per heavy atom. The number of hydrogen-bond donors (Lipinski definition) is 1. The molecule has 4 heteroatoms. The molecule has 4 nitrogen and oxygen atoms in total. The molecule has 1 unspecified atom stereocenters. The van der Waals surface area contributed by atoms with Crippen LogP contribution in [0.4, 0.5) is 0 Å². The van der Waals surface area contributed by atoms with Crippen molar-refractivity contribution in [3.63, 3.8) is 0 Å². The van der Waals surface area contributed by atoms with Crippen LogP contribution in [0.15, 0.2) is 36.7 Å². The Morgan fingerprint density at radius 1 is 1.44 bits per heavy atom. The van der Waals surface area contributed by atoms with E-state index in [1.807, 2.05) is 36.1 Å². The van der Waals surface area contributed by atoms with Gasteiger partial charge in [-0.2, -0.15) is 0 Å². The van der Waals surface area contributed by atoms with E-state index in [0.717, 1.165) is 31.1 Å². The molecule has 1 aromatic heterocycles. The lowest BCUT2D eigenvalue weighted by atomic mass is 10.0. The fourth-order valence-corrected chi connectivity index (χ4v) is 2.34. The first-order valence-corrected chi connectivity index (χ1v) is 6.26. The van der Waals surface area contributed by atoms with Crippen molar-refractivity contribution in [1.82, 2.24) is 14.9 Å². The lowest BCUT2D eigenvalue weighted by molar-refractivity contribution is 0.251. The van der Waals surface area contributed by atoms with Crippen molar-refractivity contribution >= 4 is 0 Å². The zero-order chi connectivity index (χ0) is 12.4. The van der Waals surface area contributed by atoms with Gasteiger partial charge >= 0.3 is 0 Å². The molecular formula is C14H17N3O. The largest absolute Gasteiger partial charge is 0.493 e. The first-order chi connectivity index (χ1) is 8.84. The highest BCUT2D eigenvalue weighted by atomic mass is 16.5. The minimum Gasteiger partial charge on any atom is -0.493 e. The number of para-hydroxylation sites is 1. The standard InChI is InChI=1S/C14H17N3O/c1-17-8-7-15-14(17)10-16-12-6-9-18-13-5-3-2-4-11(12)13/h2-5,7-8,12,16H,6,9-10H2,1H3. The highest BCUT2D eigenvalue weighted by molar-refractivity contribution is 5.37. The highest BCUT2D eigenvalue weighted by Crippen LogP contribution is 2.31. The summed E-state index contributed by atoms with van der Waals surface area (Å²) in [4.78, 5) is 4.33. The summed E-state index contributed by atoms with van der Waals surface area (Å²) < 4.78 is 7.69. The molecule has 0 bridgehead atoms. The van der Waals surface area contributed by atoms with Gasteiger partial charge in [-0.3, -0.25) is 0 Å². The lowest BCUT2D eigenvalue weighted by Gasteiger charge is -2.26. The number of imidazole rings is 1. The Kier molecular flexibility index (Phi) is 3.02. The van der Waals surface area contributed by atoms with E-state index in [-0.39, 0.29) is 0 Å². The molecule has 0 spiro atoms. The second-order valence-corrected chi connectivity index (χ2v) is 4.56. The monoisotopic (exact) mass is 243 g/mol. The number of hydrogen-bond acceptors (Lipinski definition) is 3. The van der Waals surface area contributed by atoms with Crippen LogP contribution in [0.25, 0.3) is 0 Å². The van der Waals surface area contributed by atoms with Crippen molar-refractivity contribution in [2.45, 2.75) is 19.0 Å². The van der Waals surface area contributed by atoms with Gasteiger partial charge in [0.25, 0.3) is 0 Å². The summed E-state index contributed by atoms with van der Waals surface area (Å²) in [5.41, 5.74) is 1.25. The molecule has 2 heterocycles. The molecule has 3 rings (SSSR count). The minimum absolute atomic E-state index is 0.353. The van der Waals surface area contributed by atoms with Crippen LogP contribution in [0, 0.1) is 0 Å². The molecule has 0 saturated heterocycles. The van der Waals surface area contributed by atoms with Gasteiger partial charge < -0.3 is 14.6 Å². The molecule has 94 valence electrons. The Labute approximate surface area is 107 Å². The fourth-order valence-electron chi connectivity index (χ4n) is 2.34. The fraction of sp³-hybridized carbons (Fsp3) is 0.357. The van der Waals surface area contributed by atoms with Crippen LogP contribution in [0.1, 0.15) is 23.9 Å². The van der Waals surface area contributed by atoms with E-state index in [0.29, 0.717) is 6.04 Å². The Balaban J connectivity index is 1.73. The zero-order valence-corrected chi connectivity index (χ0v) is 10.5. The summed E-state index contributed by atoms with van der Waals surface area (Å²) in [6, 6.07) is 8.59. The van der Waals surface area contributed by atoms with E-state index < -0.39 is 0 Å². The summed E-state index contributed by atoms with van der Waals surface area (Å²) >= 11 is 0. The number of aromatic nitrogens is 2. The average Bonchev–Trinajstić information content (AvgIpc) is 2.82. The van der Waals surface area contributed by atoms with Crippen molar-refractivity contribution in [3.8, 4) is 5.75 Å². The smallest absolute Gasteiger partial charge is 0.124 e. The number of nitrogens with one attached hydrogen (secondary N) is 1. The quantitative estimate of drug-likeness (QED) is 0.896. The van der Waals surface area contributed by atoms with Crippen molar-refractivity contribution in [2.24, 2.45) is 7.05 Å². The van der Waals surface area contributed by atoms with Gasteiger partial charge in [0, 0.05) is 37.5 Å². The first-order valence-electron chi connectivity index (χ1n) is 6.26. The molecule has 18 heavy (non-hydrogen) atoms. The predicted molar refractivity (Wildman–Crippen MR) is 69.3 cm³/mol. The van der Waals surface area contributed by atoms with E-state index in [4.69, 9.17) is 4.74 Å². The van der Waals surface area contributed by atoms with E-state index in [9.17, 15) is 0 Å². The maximum Gasteiger partial charge on any atom is 0.124 e. The van der Waals surface area contributed by atoms with Crippen molar-refractivity contribution in [1.29, 1.82) is 0 Å². The maximum atomic E-state index is 5.65. The van der Waals surface area contributed by atoms with Gasteiger partial charge in [-0.25, -0.2) is 4.98 Å². The van der Waals surface area contributed by atoms with Gasteiger partial charge in [-0.05, 0) is 6.07 Å². The molecule has 1 aliphatic heterocycles. The van der Waals surface area contributed by atoms with Gasteiger partial charge in [-0.1, -0.05) is 18.2 Å². The average molecular weight is 243 g/mol. The van der Waals surface area contributed by atoms with E-state index >= 15 is 0 Å². The number of aryl methyl sites for hydroxylation is 1. The summed E-state index contributed by atoms with van der Waals surface area (Å²) in [6.07, 6.45) is 4.80. The van der Waals surface area contributed by atoms with Crippen LogP contribution in [0.3, 0.4) is 0 Å².